The Morgan fingerprint density at radius 1 is 1.10 bits per heavy atom. The van der Waals surface area contributed by atoms with Crippen LogP contribution in [0.25, 0.3) is 11.1 Å². The number of aromatic nitrogens is 1. The van der Waals surface area contributed by atoms with Crippen LogP contribution in [0, 0.1) is 19.3 Å². The van der Waals surface area contributed by atoms with Crippen LogP contribution in [0.5, 0.6) is 5.75 Å². The minimum atomic E-state index is -1.12. The number of aryl methyl sites for hydroxylation is 3. The Balaban J connectivity index is 1.58. The van der Waals surface area contributed by atoms with Crippen molar-refractivity contribution in [3.8, 4) is 16.9 Å². The lowest BCUT2D eigenvalue weighted by molar-refractivity contribution is -0.160. The molecule has 3 heterocycles. The molecule has 6 nitrogen and oxygen atoms in total. The average Bonchev–Trinajstić information content (AvgIpc) is 2.91. The number of aliphatic carboxylic acids is 1. The molecular formula is C36H46N2O4. The highest BCUT2D eigenvalue weighted by atomic mass is 16.5. The quantitative estimate of drug-likeness (QED) is 0.312. The summed E-state index contributed by atoms with van der Waals surface area (Å²) in [7, 11) is 0. The van der Waals surface area contributed by atoms with Crippen LogP contribution in [0.1, 0.15) is 88.1 Å². The van der Waals surface area contributed by atoms with E-state index in [1.165, 1.54) is 11.1 Å². The molecule has 2 aromatic carbocycles. The van der Waals surface area contributed by atoms with Gasteiger partial charge in [-0.3, -0.25) is 4.98 Å². The van der Waals surface area contributed by atoms with Gasteiger partial charge in [0, 0.05) is 42.0 Å². The summed E-state index contributed by atoms with van der Waals surface area (Å²) in [6.07, 6.45) is 3.88. The third-order valence-corrected chi connectivity index (χ3v) is 8.65. The van der Waals surface area contributed by atoms with Crippen molar-refractivity contribution in [1.82, 2.24) is 4.98 Å². The number of hydrogen-bond acceptors (Lipinski definition) is 5. The summed E-state index contributed by atoms with van der Waals surface area (Å²) >= 11 is 0. The Morgan fingerprint density at radius 2 is 1.79 bits per heavy atom. The van der Waals surface area contributed by atoms with Gasteiger partial charge in [0.1, 0.15) is 11.9 Å². The van der Waals surface area contributed by atoms with Gasteiger partial charge in [-0.2, -0.15) is 0 Å². The van der Waals surface area contributed by atoms with E-state index in [-0.39, 0.29) is 11.5 Å². The van der Waals surface area contributed by atoms with E-state index in [9.17, 15) is 9.90 Å². The molecule has 0 radical (unpaired) electrons. The maximum absolute atomic E-state index is 12.8. The van der Waals surface area contributed by atoms with E-state index >= 15 is 0 Å². The lowest BCUT2D eigenvalue weighted by Gasteiger charge is -2.41. The van der Waals surface area contributed by atoms with Gasteiger partial charge >= 0.3 is 5.97 Å². The van der Waals surface area contributed by atoms with E-state index in [0.29, 0.717) is 11.3 Å². The van der Waals surface area contributed by atoms with Crippen LogP contribution in [-0.2, 0) is 22.4 Å². The van der Waals surface area contributed by atoms with Crippen molar-refractivity contribution >= 4 is 11.7 Å². The number of hydrogen-bond donors (Lipinski definition) is 1. The van der Waals surface area contributed by atoms with Crippen molar-refractivity contribution in [2.45, 2.75) is 98.4 Å². The molecule has 0 spiro atoms. The van der Waals surface area contributed by atoms with Crippen molar-refractivity contribution in [3.05, 3.63) is 76.6 Å². The van der Waals surface area contributed by atoms with E-state index in [0.717, 1.165) is 73.5 Å². The first-order chi connectivity index (χ1) is 19.8. The predicted molar refractivity (Wildman–Crippen MR) is 168 cm³/mol. The first-order valence-corrected chi connectivity index (χ1v) is 15.3. The Hall–Kier alpha value is -3.38. The number of carboxylic acid groups (broad SMARTS) is 1. The molecule has 1 fully saturated rings. The SMILES string of the molecule is Cc1nc(C)c(C(OC(C)(C)C)C(=O)O)c(N2CCC(C)(C)CC2)c1-c1ccc2c(c1)CCC(Cc1ccccc1)O2. The number of benzene rings is 2. The van der Waals surface area contributed by atoms with Crippen LogP contribution in [-0.4, -0.2) is 40.9 Å². The molecule has 224 valence electrons. The number of ether oxygens (including phenoxy) is 2. The minimum absolute atomic E-state index is 0.151. The number of pyridine rings is 1. The van der Waals surface area contributed by atoms with Gasteiger partial charge in [0.15, 0.2) is 6.10 Å². The molecule has 3 aromatic rings. The Labute approximate surface area is 251 Å². The number of carboxylic acids is 1. The van der Waals surface area contributed by atoms with Crippen molar-refractivity contribution in [1.29, 1.82) is 0 Å². The van der Waals surface area contributed by atoms with Gasteiger partial charge in [0.25, 0.3) is 0 Å². The van der Waals surface area contributed by atoms with E-state index < -0.39 is 17.7 Å². The molecule has 0 amide bonds. The van der Waals surface area contributed by atoms with Crippen LogP contribution < -0.4 is 9.64 Å². The van der Waals surface area contributed by atoms with Gasteiger partial charge in [0.2, 0.25) is 0 Å². The van der Waals surface area contributed by atoms with Gasteiger partial charge in [-0.25, -0.2) is 4.79 Å². The lowest BCUT2D eigenvalue weighted by Crippen LogP contribution is -2.39. The number of rotatable bonds is 7. The summed E-state index contributed by atoms with van der Waals surface area (Å²) in [5.41, 5.74) is 7.34. The summed E-state index contributed by atoms with van der Waals surface area (Å²) in [6.45, 7) is 16.0. The molecule has 1 saturated heterocycles. The van der Waals surface area contributed by atoms with Crippen molar-refractivity contribution in [2.24, 2.45) is 5.41 Å². The number of anilines is 1. The first kappa shape index (κ1) is 30.1. The second-order valence-electron chi connectivity index (χ2n) is 13.8. The molecule has 2 aliphatic rings. The summed E-state index contributed by atoms with van der Waals surface area (Å²) in [4.78, 5) is 20.1. The molecule has 2 atom stereocenters. The molecule has 1 N–H and O–H groups in total. The molecule has 5 rings (SSSR count). The van der Waals surface area contributed by atoms with Gasteiger partial charge < -0.3 is 19.5 Å². The maximum Gasteiger partial charge on any atom is 0.337 e. The number of carbonyl (C=O) groups is 1. The molecule has 42 heavy (non-hydrogen) atoms. The lowest BCUT2D eigenvalue weighted by atomic mass is 9.81. The minimum Gasteiger partial charge on any atom is -0.490 e. The van der Waals surface area contributed by atoms with Crippen molar-refractivity contribution in [3.63, 3.8) is 0 Å². The summed E-state index contributed by atoms with van der Waals surface area (Å²) in [6, 6.07) is 16.9. The molecular weight excluding hydrogens is 524 g/mol. The third-order valence-electron chi connectivity index (χ3n) is 8.65. The van der Waals surface area contributed by atoms with Crippen LogP contribution in [0.2, 0.25) is 0 Å². The van der Waals surface area contributed by atoms with Gasteiger partial charge in [-0.15, -0.1) is 0 Å². The molecule has 1 aromatic heterocycles. The highest BCUT2D eigenvalue weighted by Gasteiger charge is 2.36. The standard InChI is InChI=1S/C36H46N2O4/c1-23-30(27-14-16-29-26(22-27)13-15-28(41-29)21-25-11-9-8-10-12-25)32(38-19-17-36(6,7)18-20-38)31(24(2)37-23)33(34(39)40)42-35(3,4)5/h8-12,14,16,22,28,33H,13,15,17-21H2,1-7H3,(H,39,40). The number of piperidine rings is 1. The van der Waals surface area contributed by atoms with Gasteiger partial charge in [0.05, 0.1) is 11.3 Å². The largest absolute Gasteiger partial charge is 0.490 e. The zero-order valence-corrected chi connectivity index (χ0v) is 26.3. The van der Waals surface area contributed by atoms with Crippen molar-refractivity contribution < 1.29 is 19.4 Å². The monoisotopic (exact) mass is 570 g/mol. The molecule has 0 saturated carbocycles. The summed E-state index contributed by atoms with van der Waals surface area (Å²) in [5.74, 6) is -0.0591. The molecule has 6 heteroatoms. The van der Waals surface area contributed by atoms with Crippen LogP contribution >= 0.6 is 0 Å². The smallest absolute Gasteiger partial charge is 0.337 e. The van der Waals surface area contributed by atoms with Crippen LogP contribution in [0.4, 0.5) is 5.69 Å². The van der Waals surface area contributed by atoms with E-state index in [1.54, 1.807) is 0 Å². The third kappa shape index (κ3) is 6.64. The van der Waals surface area contributed by atoms with E-state index in [1.807, 2.05) is 40.7 Å². The first-order valence-electron chi connectivity index (χ1n) is 15.3. The molecule has 2 aliphatic heterocycles. The summed E-state index contributed by atoms with van der Waals surface area (Å²) in [5, 5.41) is 10.5. The molecule has 0 aliphatic carbocycles. The average molecular weight is 571 g/mol. The fourth-order valence-electron chi connectivity index (χ4n) is 6.38. The topological polar surface area (TPSA) is 71.9 Å². The van der Waals surface area contributed by atoms with Gasteiger partial charge in [-0.1, -0.05) is 50.2 Å². The molecule has 2 unspecified atom stereocenters. The zero-order chi connectivity index (χ0) is 30.2. The Morgan fingerprint density at radius 3 is 2.43 bits per heavy atom. The van der Waals surface area contributed by atoms with Gasteiger partial charge in [-0.05, 0) is 94.5 Å². The second-order valence-corrected chi connectivity index (χ2v) is 13.8. The fraction of sp³-hybridized carbons (Fsp3) is 0.500. The molecule has 0 bridgehead atoms. The van der Waals surface area contributed by atoms with Crippen LogP contribution in [0.3, 0.4) is 0 Å². The van der Waals surface area contributed by atoms with Crippen molar-refractivity contribution in [2.75, 3.05) is 18.0 Å². The van der Waals surface area contributed by atoms with Crippen LogP contribution in [0.15, 0.2) is 48.5 Å². The van der Waals surface area contributed by atoms with E-state index in [2.05, 4.69) is 61.2 Å². The summed E-state index contributed by atoms with van der Waals surface area (Å²) < 4.78 is 12.7. The van der Waals surface area contributed by atoms with E-state index in [4.69, 9.17) is 14.5 Å². The predicted octanol–water partition coefficient (Wildman–Crippen LogP) is 7.87. The highest BCUT2D eigenvalue weighted by Crippen LogP contribution is 2.46. The zero-order valence-electron chi connectivity index (χ0n) is 26.3. The highest BCUT2D eigenvalue weighted by molar-refractivity contribution is 5.88. The Kier molecular flexibility index (Phi) is 8.39. The maximum atomic E-state index is 12.8. The second kappa shape index (κ2) is 11.7. The normalized spacial score (nSPS) is 19.1. The number of fused-ring (bicyclic) bond motifs is 1. The fourth-order valence-corrected chi connectivity index (χ4v) is 6.38. The Bertz CT molecular complexity index is 1430. The number of nitrogens with zero attached hydrogens (tertiary/aromatic N) is 2.